The molecule has 0 aliphatic heterocycles. The van der Waals surface area contributed by atoms with Crippen molar-refractivity contribution in [1.82, 2.24) is 0 Å². The van der Waals surface area contributed by atoms with Crippen LogP contribution in [0.5, 0.6) is 0 Å². The van der Waals surface area contributed by atoms with Crippen LogP contribution in [-0.2, 0) is 19.0 Å². The molecule has 1 aliphatic carbocycles. The van der Waals surface area contributed by atoms with Gasteiger partial charge in [0.05, 0.1) is 6.10 Å². The molecule has 0 aromatic heterocycles. The highest BCUT2D eigenvalue weighted by Gasteiger charge is 2.25. The fourth-order valence-corrected chi connectivity index (χ4v) is 1.86. The predicted octanol–water partition coefficient (Wildman–Crippen LogP) is 2.43. The van der Waals surface area contributed by atoms with E-state index in [0.717, 1.165) is 25.7 Å². The van der Waals surface area contributed by atoms with Gasteiger partial charge in [0.2, 0.25) is 0 Å². The van der Waals surface area contributed by atoms with Gasteiger partial charge in [-0.3, -0.25) is 0 Å². The van der Waals surface area contributed by atoms with Crippen molar-refractivity contribution in [3.05, 3.63) is 12.2 Å². The molecule has 1 saturated carbocycles. The molecule has 1 rings (SSSR count). The van der Waals surface area contributed by atoms with Gasteiger partial charge in [0.1, 0.15) is 6.10 Å². The largest absolute Gasteiger partial charge is 0.459 e. The van der Waals surface area contributed by atoms with Crippen molar-refractivity contribution in [3.8, 4) is 0 Å². The highest BCUT2D eigenvalue weighted by atomic mass is 16.7. The molecule has 0 N–H and O–H groups in total. The van der Waals surface area contributed by atoms with Crippen molar-refractivity contribution in [1.29, 1.82) is 0 Å². The van der Waals surface area contributed by atoms with Gasteiger partial charge in [0.15, 0.2) is 6.29 Å². The molecule has 1 aliphatic rings. The molecule has 4 heteroatoms. The van der Waals surface area contributed by atoms with E-state index in [1.54, 1.807) is 14.0 Å². The summed E-state index contributed by atoms with van der Waals surface area (Å²) in [6, 6.07) is 0. The Labute approximate surface area is 103 Å². The van der Waals surface area contributed by atoms with E-state index < -0.39 is 0 Å². The van der Waals surface area contributed by atoms with Gasteiger partial charge in [-0.05, 0) is 39.5 Å². The molecule has 0 radical (unpaired) electrons. The van der Waals surface area contributed by atoms with E-state index in [1.165, 1.54) is 0 Å². The van der Waals surface area contributed by atoms with Gasteiger partial charge in [-0.1, -0.05) is 6.58 Å². The number of ether oxygens (including phenoxy) is 3. The number of rotatable bonds is 5. The monoisotopic (exact) mass is 242 g/mol. The van der Waals surface area contributed by atoms with Crippen LogP contribution in [0.2, 0.25) is 0 Å². The van der Waals surface area contributed by atoms with Crippen LogP contribution in [0.4, 0.5) is 0 Å². The molecule has 1 unspecified atom stereocenters. The summed E-state index contributed by atoms with van der Waals surface area (Å²) in [5, 5.41) is 0. The Kier molecular flexibility index (Phi) is 5.65. The molecule has 0 heterocycles. The topological polar surface area (TPSA) is 44.8 Å². The number of carbonyl (C=O) groups excluding carboxylic acids is 1. The summed E-state index contributed by atoms with van der Waals surface area (Å²) in [5.74, 6) is -0.292. The molecule has 1 atom stereocenters. The lowest BCUT2D eigenvalue weighted by Gasteiger charge is -2.29. The average molecular weight is 242 g/mol. The number of carbonyl (C=O) groups is 1. The fraction of sp³-hybridized carbons (Fsp3) is 0.769. The first-order valence-corrected chi connectivity index (χ1v) is 6.07. The zero-order valence-corrected chi connectivity index (χ0v) is 10.9. The van der Waals surface area contributed by atoms with Gasteiger partial charge in [-0.2, -0.15) is 0 Å². The molecule has 0 amide bonds. The number of methoxy groups -OCH3 is 1. The fourth-order valence-electron chi connectivity index (χ4n) is 1.86. The molecule has 4 nitrogen and oxygen atoms in total. The van der Waals surface area contributed by atoms with Gasteiger partial charge in [0.25, 0.3) is 0 Å². The zero-order valence-electron chi connectivity index (χ0n) is 10.9. The molecule has 98 valence electrons. The first-order valence-electron chi connectivity index (χ1n) is 6.07. The van der Waals surface area contributed by atoms with Crippen LogP contribution in [0.1, 0.15) is 39.5 Å². The van der Waals surface area contributed by atoms with Crippen LogP contribution in [0.25, 0.3) is 0 Å². The Morgan fingerprint density at radius 3 is 2.24 bits per heavy atom. The third kappa shape index (κ3) is 4.88. The minimum Gasteiger partial charge on any atom is -0.459 e. The third-order valence-corrected chi connectivity index (χ3v) is 2.96. The molecule has 0 bridgehead atoms. The van der Waals surface area contributed by atoms with Crippen molar-refractivity contribution in [3.63, 3.8) is 0 Å². The van der Waals surface area contributed by atoms with E-state index in [2.05, 4.69) is 6.58 Å². The first kappa shape index (κ1) is 14.2. The Bertz CT molecular complexity index is 267. The molecule has 0 saturated heterocycles. The Morgan fingerprint density at radius 2 is 1.76 bits per heavy atom. The second kappa shape index (κ2) is 6.77. The smallest absolute Gasteiger partial charge is 0.333 e. The summed E-state index contributed by atoms with van der Waals surface area (Å²) in [6.45, 7) is 7.12. The van der Waals surface area contributed by atoms with Crippen molar-refractivity contribution < 1.29 is 19.0 Å². The highest BCUT2D eigenvalue weighted by molar-refractivity contribution is 5.87. The van der Waals surface area contributed by atoms with Crippen molar-refractivity contribution in [2.75, 3.05) is 7.11 Å². The third-order valence-electron chi connectivity index (χ3n) is 2.96. The van der Waals surface area contributed by atoms with E-state index in [4.69, 9.17) is 14.2 Å². The van der Waals surface area contributed by atoms with Gasteiger partial charge < -0.3 is 14.2 Å². The minimum absolute atomic E-state index is 0.0110. The van der Waals surface area contributed by atoms with Crippen LogP contribution in [0.15, 0.2) is 12.2 Å². The molecule has 1 fully saturated rings. The number of hydrogen-bond acceptors (Lipinski definition) is 4. The van der Waals surface area contributed by atoms with Crippen molar-refractivity contribution in [2.45, 2.75) is 58.0 Å². The Balaban J connectivity index is 2.26. The first-order chi connectivity index (χ1) is 8.02. The van der Waals surface area contributed by atoms with Crippen LogP contribution >= 0.6 is 0 Å². The predicted molar refractivity (Wildman–Crippen MR) is 64.5 cm³/mol. The van der Waals surface area contributed by atoms with E-state index in [9.17, 15) is 4.79 Å². The van der Waals surface area contributed by atoms with E-state index in [-0.39, 0.29) is 24.5 Å². The summed E-state index contributed by atoms with van der Waals surface area (Å²) >= 11 is 0. The zero-order chi connectivity index (χ0) is 12.8. The second-order valence-corrected chi connectivity index (χ2v) is 4.52. The second-order valence-electron chi connectivity index (χ2n) is 4.52. The SMILES string of the molecule is C=C(C)C(=O)OC1CCC(OC(C)OC)CC1. The summed E-state index contributed by atoms with van der Waals surface area (Å²) < 4.78 is 16.0. The Hall–Kier alpha value is -0.870. The van der Waals surface area contributed by atoms with Gasteiger partial charge >= 0.3 is 5.97 Å². The standard InChI is InChI=1S/C13H22O4/c1-9(2)13(14)17-12-7-5-11(6-8-12)16-10(3)15-4/h10-12H,1,5-8H2,2-4H3. The lowest BCUT2D eigenvalue weighted by molar-refractivity contribution is -0.164. The van der Waals surface area contributed by atoms with Crippen LogP contribution in [0.3, 0.4) is 0 Å². The Morgan fingerprint density at radius 1 is 1.24 bits per heavy atom. The van der Waals surface area contributed by atoms with E-state index in [1.807, 2.05) is 6.92 Å². The summed E-state index contributed by atoms with van der Waals surface area (Å²) in [5.41, 5.74) is 0.455. The van der Waals surface area contributed by atoms with Gasteiger partial charge in [0, 0.05) is 12.7 Å². The van der Waals surface area contributed by atoms with Crippen molar-refractivity contribution >= 4 is 5.97 Å². The maximum atomic E-state index is 11.3. The maximum absolute atomic E-state index is 11.3. The van der Waals surface area contributed by atoms with Crippen LogP contribution < -0.4 is 0 Å². The van der Waals surface area contributed by atoms with Gasteiger partial charge in [-0.15, -0.1) is 0 Å². The van der Waals surface area contributed by atoms with Crippen LogP contribution in [-0.4, -0.2) is 31.6 Å². The maximum Gasteiger partial charge on any atom is 0.333 e. The van der Waals surface area contributed by atoms with Gasteiger partial charge in [-0.25, -0.2) is 4.79 Å². The van der Waals surface area contributed by atoms with E-state index >= 15 is 0 Å². The highest BCUT2D eigenvalue weighted by Crippen LogP contribution is 2.25. The summed E-state index contributed by atoms with van der Waals surface area (Å²) in [6.07, 6.45) is 3.56. The molecule has 0 spiro atoms. The molecule has 0 aromatic rings. The quantitative estimate of drug-likeness (QED) is 0.422. The lowest BCUT2D eigenvalue weighted by Crippen LogP contribution is -2.30. The lowest BCUT2D eigenvalue weighted by atomic mass is 9.95. The minimum atomic E-state index is -0.292. The molecular weight excluding hydrogens is 220 g/mol. The van der Waals surface area contributed by atoms with E-state index in [0.29, 0.717) is 5.57 Å². The molecule has 17 heavy (non-hydrogen) atoms. The molecular formula is C13H22O4. The normalized spacial score (nSPS) is 26.3. The average Bonchev–Trinajstić information content (AvgIpc) is 2.31. The number of esters is 1. The number of hydrogen-bond donors (Lipinski definition) is 0. The van der Waals surface area contributed by atoms with Crippen LogP contribution in [0, 0.1) is 0 Å². The van der Waals surface area contributed by atoms with Crippen molar-refractivity contribution in [2.24, 2.45) is 0 Å². The molecule has 0 aromatic carbocycles. The summed E-state index contributed by atoms with van der Waals surface area (Å²) in [4.78, 5) is 11.3. The summed E-state index contributed by atoms with van der Waals surface area (Å²) in [7, 11) is 1.63.